The summed E-state index contributed by atoms with van der Waals surface area (Å²) in [5.41, 5.74) is 1.42. The van der Waals surface area contributed by atoms with Crippen molar-refractivity contribution in [3.63, 3.8) is 0 Å². The van der Waals surface area contributed by atoms with Crippen LogP contribution in [0.5, 0.6) is 0 Å². The number of benzene rings is 2. The van der Waals surface area contributed by atoms with E-state index in [0.29, 0.717) is 23.2 Å². The molecule has 1 amide bonds. The zero-order valence-electron chi connectivity index (χ0n) is 13.6. The highest BCUT2D eigenvalue weighted by atomic mass is 16.5. The molecule has 0 aliphatic carbocycles. The first kappa shape index (κ1) is 17.4. The van der Waals surface area contributed by atoms with Crippen molar-refractivity contribution in [3.05, 3.63) is 65.7 Å². The number of Topliss-reactive ketones (excluding diaryl/α,β-unsaturated/α-hetero) is 1. The number of esters is 1. The molecule has 0 bridgehead atoms. The van der Waals surface area contributed by atoms with Crippen LogP contribution in [0.25, 0.3) is 0 Å². The summed E-state index contributed by atoms with van der Waals surface area (Å²) in [7, 11) is 0. The Morgan fingerprint density at radius 1 is 0.958 bits per heavy atom. The van der Waals surface area contributed by atoms with Gasteiger partial charge in [0.2, 0.25) is 11.7 Å². The highest BCUT2D eigenvalue weighted by Gasteiger charge is 2.23. The monoisotopic (exact) mass is 325 g/mol. The average Bonchev–Trinajstić information content (AvgIpc) is 2.59. The third-order valence-electron chi connectivity index (χ3n) is 3.41. The summed E-state index contributed by atoms with van der Waals surface area (Å²) >= 11 is 0. The number of ether oxygens (including phenoxy) is 1. The van der Waals surface area contributed by atoms with E-state index in [0.717, 1.165) is 0 Å². The molecule has 0 aromatic heterocycles. The minimum absolute atomic E-state index is 0.190. The number of ketones is 1. The largest absolute Gasteiger partial charge is 0.450 e. The van der Waals surface area contributed by atoms with Gasteiger partial charge in [0.25, 0.3) is 0 Å². The standard InChI is InChI=1S/C19H19NO4/c1-3-17(18(22)14-7-5-4-6-8-14)24-19(23)15-9-11-16(12-10-15)20-13(2)21/h4-12,17H,3H2,1-2H3,(H,20,21). The van der Waals surface area contributed by atoms with Crippen molar-refractivity contribution in [2.45, 2.75) is 26.4 Å². The smallest absolute Gasteiger partial charge is 0.338 e. The number of anilines is 1. The maximum Gasteiger partial charge on any atom is 0.338 e. The second kappa shape index (κ2) is 8.06. The van der Waals surface area contributed by atoms with Crippen LogP contribution in [0.15, 0.2) is 54.6 Å². The number of nitrogens with one attached hydrogen (secondary N) is 1. The number of amides is 1. The summed E-state index contributed by atoms with van der Waals surface area (Å²) in [5.74, 6) is -0.980. The molecular formula is C19H19NO4. The Hall–Kier alpha value is -2.95. The van der Waals surface area contributed by atoms with Gasteiger partial charge in [-0.25, -0.2) is 4.79 Å². The predicted octanol–water partition coefficient (Wildman–Crippen LogP) is 3.46. The first-order valence-electron chi connectivity index (χ1n) is 7.69. The molecule has 1 atom stereocenters. The van der Waals surface area contributed by atoms with Gasteiger partial charge in [-0.2, -0.15) is 0 Å². The molecule has 124 valence electrons. The SMILES string of the molecule is CCC(OC(=O)c1ccc(NC(C)=O)cc1)C(=O)c1ccccc1. The molecule has 0 heterocycles. The van der Waals surface area contributed by atoms with Crippen molar-refractivity contribution in [2.75, 3.05) is 5.32 Å². The van der Waals surface area contributed by atoms with Gasteiger partial charge in [0.1, 0.15) is 0 Å². The van der Waals surface area contributed by atoms with Crippen molar-refractivity contribution in [1.82, 2.24) is 0 Å². The van der Waals surface area contributed by atoms with Crippen molar-refractivity contribution >= 4 is 23.3 Å². The fourth-order valence-corrected chi connectivity index (χ4v) is 2.20. The predicted molar refractivity (Wildman–Crippen MR) is 91.0 cm³/mol. The molecule has 5 nitrogen and oxygen atoms in total. The summed E-state index contributed by atoms with van der Waals surface area (Å²) < 4.78 is 5.35. The summed E-state index contributed by atoms with van der Waals surface area (Å²) in [6.07, 6.45) is -0.432. The first-order chi connectivity index (χ1) is 11.5. The lowest BCUT2D eigenvalue weighted by atomic mass is 10.0. The number of carbonyl (C=O) groups excluding carboxylic acids is 3. The molecule has 0 saturated heterocycles. The summed E-state index contributed by atoms with van der Waals surface area (Å²) in [4.78, 5) is 35.6. The molecule has 2 aromatic rings. The van der Waals surface area contributed by atoms with Gasteiger partial charge in [0, 0.05) is 18.2 Å². The Morgan fingerprint density at radius 3 is 2.12 bits per heavy atom. The second-order valence-corrected chi connectivity index (χ2v) is 5.29. The van der Waals surface area contributed by atoms with Gasteiger partial charge >= 0.3 is 5.97 Å². The van der Waals surface area contributed by atoms with Crippen LogP contribution < -0.4 is 5.32 Å². The van der Waals surface area contributed by atoms with Crippen molar-refractivity contribution in [1.29, 1.82) is 0 Å². The molecule has 1 N–H and O–H groups in total. The zero-order valence-corrected chi connectivity index (χ0v) is 13.6. The molecule has 0 aliphatic rings. The van der Waals surface area contributed by atoms with E-state index in [2.05, 4.69) is 5.32 Å². The van der Waals surface area contributed by atoms with E-state index in [9.17, 15) is 14.4 Å². The van der Waals surface area contributed by atoms with Crippen LogP contribution in [0.3, 0.4) is 0 Å². The van der Waals surface area contributed by atoms with Crippen LogP contribution >= 0.6 is 0 Å². The Kier molecular flexibility index (Phi) is 5.84. The van der Waals surface area contributed by atoms with E-state index in [1.165, 1.54) is 6.92 Å². The molecule has 1 unspecified atom stereocenters. The molecular weight excluding hydrogens is 306 g/mol. The van der Waals surface area contributed by atoms with E-state index in [4.69, 9.17) is 4.74 Å². The summed E-state index contributed by atoms with van der Waals surface area (Å²) in [5, 5.41) is 2.62. The Balaban J connectivity index is 2.06. The number of hydrogen-bond acceptors (Lipinski definition) is 4. The highest BCUT2D eigenvalue weighted by molar-refractivity contribution is 6.01. The van der Waals surface area contributed by atoms with E-state index >= 15 is 0 Å². The fraction of sp³-hybridized carbons (Fsp3) is 0.211. The Labute approximate surface area is 140 Å². The van der Waals surface area contributed by atoms with Crippen LogP contribution in [0.1, 0.15) is 41.0 Å². The third kappa shape index (κ3) is 4.52. The van der Waals surface area contributed by atoms with Gasteiger partial charge < -0.3 is 10.1 Å². The van der Waals surface area contributed by atoms with Gasteiger partial charge in [-0.05, 0) is 30.7 Å². The highest BCUT2D eigenvalue weighted by Crippen LogP contribution is 2.14. The zero-order chi connectivity index (χ0) is 17.5. The van der Waals surface area contributed by atoms with Gasteiger partial charge in [-0.3, -0.25) is 9.59 Å². The average molecular weight is 325 g/mol. The van der Waals surface area contributed by atoms with Crippen LogP contribution in [0, 0.1) is 0 Å². The van der Waals surface area contributed by atoms with Crippen LogP contribution in [0.4, 0.5) is 5.69 Å². The lowest BCUT2D eigenvalue weighted by molar-refractivity contribution is -0.114. The Morgan fingerprint density at radius 2 is 1.58 bits per heavy atom. The van der Waals surface area contributed by atoms with E-state index in [1.807, 2.05) is 6.07 Å². The molecule has 2 rings (SSSR count). The third-order valence-corrected chi connectivity index (χ3v) is 3.41. The molecule has 0 aliphatic heterocycles. The summed E-state index contributed by atoms with van der Waals surface area (Å²) in [6.45, 7) is 3.20. The lowest BCUT2D eigenvalue weighted by Gasteiger charge is -2.15. The minimum atomic E-state index is -0.824. The minimum Gasteiger partial charge on any atom is -0.450 e. The van der Waals surface area contributed by atoms with Gasteiger partial charge in [-0.15, -0.1) is 0 Å². The Bertz CT molecular complexity index is 723. The number of carbonyl (C=O) groups is 3. The van der Waals surface area contributed by atoms with Crippen LogP contribution in [-0.4, -0.2) is 23.8 Å². The number of hydrogen-bond donors (Lipinski definition) is 1. The maximum atomic E-state index is 12.4. The topological polar surface area (TPSA) is 72.5 Å². The van der Waals surface area contributed by atoms with Crippen molar-refractivity contribution in [3.8, 4) is 0 Å². The quantitative estimate of drug-likeness (QED) is 0.652. The maximum absolute atomic E-state index is 12.4. The molecule has 24 heavy (non-hydrogen) atoms. The van der Waals surface area contributed by atoms with E-state index in [-0.39, 0.29) is 11.7 Å². The normalized spacial score (nSPS) is 11.4. The van der Waals surface area contributed by atoms with Crippen LogP contribution in [-0.2, 0) is 9.53 Å². The first-order valence-corrected chi connectivity index (χ1v) is 7.69. The lowest BCUT2D eigenvalue weighted by Crippen LogP contribution is -2.26. The summed E-state index contributed by atoms with van der Waals surface area (Å²) in [6, 6.07) is 15.1. The van der Waals surface area contributed by atoms with Gasteiger partial charge in [0.15, 0.2) is 6.10 Å². The van der Waals surface area contributed by atoms with E-state index in [1.54, 1.807) is 55.5 Å². The molecule has 5 heteroatoms. The molecule has 2 aromatic carbocycles. The molecule has 0 spiro atoms. The van der Waals surface area contributed by atoms with Gasteiger partial charge in [-0.1, -0.05) is 37.3 Å². The second-order valence-electron chi connectivity index (χ2n) is 5.29. The van der Waals surface area contributed by atoms with E-state index < -0.39 is 12.1 Å². The fourth-order valence-electron chi connectivity index (χ4n) is 2.20. The molecule has 0 saturated carbocycles. The molecule has 0 fully saturated rings. The number of rotatable bonds is 6. The molecule has 0 radical (unpaired) electrons. The van der Waals surface area contributed by atoms with Crippen molar-refractivity contribution < 1.29 is 19.1 Å². The van der Waals surface area contributed by atoms with Gasteiger partial charge in [0.05, 0.1) is 5.56 Å². The van der Waals surface area contributed by atoms with Crippen molar-refractivity contribution in [2.24, 2.45) is 0 Å². The van der Waals surface area contributed by atoms with Crippen LogP contribution in [0.2, 0.25) is 0 Å².